The average molecular weight is 470 g/mol. The number of carbonyl (C=O) groups is 1. The second-order valence-electron chi connectivity index (χ2n) is 7.76. The van der Waals surface area contributed by atoms with Crippen LogP contribution >= 0.6 is 22.9 Å². The summed E-state index contributed by atoms with van der Waals surface area (Å²) in [5.74, 6) is 0.941. The van der Waals surface area contributed by atoms with E-state index in [4.69, 9.17) is 20.8 Å². The lowest BCUT2D eigenvalue weighted by Crippen LogP contribution is -2.34. The fourth-order valence-electron chi connectivity index (χ4n) is 2.72. The number of nitrogens with one attached hydrogen (secondary N) is 2. The van der Waals surface area contributed by atoms with Gasteiger partial charge in [0, 0.05) is 10.9 Å². The molecule has 0 aliphatic carbocycles. The van der Waals surface area contributed by atoms with Crippen LogP contribution < -0.4 is 14.8 Å². The molecular weight excluding hydrogens is 446 g/mol. The van der Waals surface area contributed by atoms with E-state index in [0.29, 0.717) is 21.7 Å². The fourth-order valence-corrected chi connectivity index (χ4v) is 4.98. The van der Waals surface area contributed by atoms with Crippen LogP contribution in [0.2, 0.25) is 5.15 Å². The first-order valence-corrected chi connectivity index (χ1v) is 11.7. The summed E-state index contributed by atoms with van der Waals surface area (Å²) in [4.78, 5) is 17.6. The number of amides is 1. The summed E-state index contributed by atoms with van der Waals surface area (Å²) >= 11 is 7.61. The SMILES string of the molecule is Cc1c([C@H](C)N[S@](=O)C(C)(C)C)sc2c(OC(=O)NCc3ccco3)cc(Cl)nc12. The van der Waals surface area contributed by atoms with Crippen LogP contribution in [0, 0.1) is 6.92 Å². The van der Waals surface area contributed by atoms with Crippen molar-refractivity contribution in [3.8, 4) is 5.75 Å². The Morgan fingerprint density at radius 1 is 1.43 bits per heavy atom. The smallest absolute Gasteiger partial charge is 0.413 e. The molecule has 2 N–H and O–H groups in total. The van der Waals surface area contributed by atoms with E-state index in [0.717, 1.165) is 10.4 Å². The van der Waals surface area contributed by atoms with Crippen molar-refractivity contribution in [2.24, 2.45) is 0 Å². The molecule has 0 saturated carbocycles. The van der Waals surface area contributed by atoms with Crippen LogP contribution in [0.5, 0.6) is 5.75 Å². The lowest BCUT2D eigenvalue weighted by Gasteiger charge is -2.21. The molecule has 0 aliphatic heterocycles. The molecule has 0 aliphatic rings. The van der Waals surface area contributed by atoms with E-state index in [2.05, 4.69) is 15.0 Å². The third kappa shape index (κ3) is 5.21. The Bertz CT molecular complexity index is 1070. The van der Waals surface area contributed by atoms with Crippen LogP contribution in [0.1, 0.15) is 49.9 Å². The zero-order valence-electron chi connectivity index (χ0n) is 17.4. The predicted octanol–water partition coefficient (Wildman–Crippen LogP) is 5.25. The van der Waals surface area contributed by atoms with Gasteiger partial charge in [0.15, 0.2) is 5.75 Å². The highest BCUT2D eigenvalue weighted by Crippen LogP contribution is 2.40. The van der Waals surface area contributed by atoms with E-state index in [1.54, 1.807) is 12.1 Å². The standard InChI is InChI=1S/C20H24ClN3O4S2/c1-11-16-18(29-17(11)12(2)24-30(26)20(3,4)5)14(9-15(21)23-16)28-19(25)22-10-13-7-6-8-27-13/h6-9,12,24H,10H2,1-5H3,(H,22,25)/t12-,30+/m0/s1. The van der Waals surface area contributed by atoms with E-state index in [1.165, 1.54) is 23.7 Å². The molecule has 162 valence electrons. The number of hydrogen-bond donors (Lipinski definition) is 2. The van der Waals surface area contributed by atoms with E-state index in [-0.39, 0.29) is 22.5 Å². The second-order valence-corrected chi connectivity index (χ2v) is 11.2. The first kappa shape index (κ1) is 22.7. The summed E-state index contributed by atoms with van der Waals surface area (Å²) in [7, 11) is -1.23. The van der Waals surface area contributed by atoms with Crippen molar-refractivity contribution in [1.82, 2.24) is 15.0 Å². The highest BCUT2D eigenvalue weighted by Gasteiger charge is 2.25. The average Bonchev–Trinajstić information content (AvgIpc) is 3.28. The normalized spacial score (nSPS) is 13.9. The lowest BCUT2D eigenvalue weighted by molar-refractivity contribution is 0.199. The number of ether oxygens (including phenoxy) is 1. The zero-order chi connectivity index (χ0) is 22.1. The Kier molecular flexibility index (Phi) is 6.86. The van der Waals surface area contributed by atoms with Crippen molar-refractivity contribution >= 4 is 50.2 Å². The highest BCUT2D eigenvalue weighted by atomic mass is 35.5. The summed E-state index contributed by atoms with van der Waals surface area (Å²) in [6.45, 7) is 9.82. The molecule has 0 bridgehead atoms. The Morgan fingerprint density at radius 3 is 2.80 bits per heavy atom. The molecule has 3 aromatic rings. The van der Waals surface area contributed by atoms with Gasteiger partial charge in [0.05, 0.1) is 44.8 Å². The number of nitrogens with zero attached hydrogens (tertiary/aromatic N) is 1. The van der Waals surface area contributed by atoms with Gasteiger partial charge < -0.3 is 14.5 Å². The molecule has 3 aromatic heterocycles. The zero-order valence-corrected chi connectivity index (χ0v) is 19.8. The van der Waals surface area contributed by atoms with Gasteiger partial charge in [0.1, 0.15) is 10.9 Å². The van der Waals surface area contributed by atoms with Crippen LogP contribution in [0.25, 0.3) is 10.2 Å². The number of carbonyl (C=O) groups excluding carboxylic acids is 1. The first-order valence-electron chi connectivity index (χ1n) is 9.32. The van der Waals surface area contributed by atoms with Gasteiger partial charge in [-0.25, -0.2) is 18.7 Å². The van der Waals surface area contributed by atoms with Crippen molar-refractivity contribution in [3.05, 3.63) is 45.8 Å². The molecule has 0 saturated heterocycles. The van der Waals surface area contributed by atoms with Crippen LogP contribution in [-0.2, 0) is 17.5 Å². The predicted molar refractivity (Wildman–Crippen MR) is 120 cm³/mol. The Hall–Kier alpha value is -1.94. The molecule has 10 heteroatoms. The number of hydrogen-bond acceptors (Lipinski definition) is 6. The molecule has 0 unspecified atom stereocenters. The molecule has 0 aromatic carbocycles. The number of halogens is 1. The number of aryl methyl sites for hydroxylation is 1. The third-order valence-electron chi connectivity index (χ3n) is 4.27. The summed E-state index contributed by atoms with van der Waals surface area (Å²) in [6.07, 6.45) is 0.911. The van der Waals surface area contributed by atoms with Gasteiger partial charge in [-0.1, -0.05) is 11.6 Å². The van der Waals surface area contributed by atoms with E-state index < -0.39 is 17.1 Å². The van der Waals surface area contributed by atoms with Crippen molar-refractivity contribution in [2.45, 2.75) is 52.0 Å². The van der Waals surface area contributed by atoms with Gasteiger partial charge in [-0.15, -0.1) is 11.3 Å². The van der Waals surface area contributed by atoms with Crippen LogP contribution in [0.3, 0.4) is 0 Å². The number of fused-ring (bicyclic) bond motifs is 1. The van der Waals surface area contributed by atoms with Crippen LogP contribution in [0.15, 0.2) is 28.9 Å². The molecule has 0 fully saturated rings. The van der Waals surface area contributed by atoms with Crippen LogP contribution in [0.4, 0.5) is 4.79 Å². The number of rotatable bonds is 6. The maximum Gasteiger partial charge on any atom is 0.413 e. The molecule has 0 radical (unpaired) electrons. The van der Waals surface area contributed by atoms with Crippen molar-refractivity contribution in [2.75, 3.05) is 0 Å². The fraction of sp³-hybridized carbons (Fsp3) is 0.400. The summed E-state index contributed by atoms with van der Waals surface area (Å²) in [5, 5.41) is 2.86. The van der Waals surface area contributed by atoms with Gasteiger partial charge in [-0.2, -0.15) is 0 Å². The Morgan fingerprint density at radius 2 is 2.17 bits per heavy atom. The molecule has 3 rings (SSSR count). The quantitative estimate of drug-likeness (QED) is 0.481. The van der Waals surface area contributed by atoms with Crippen molar-refractivity contribution < 1.29 is 18.2 Å². The van der Waals surface area contributed by atoms with Gasteiger partial charge in [-0.05, 0) is 52.3 Å². The van der Waals surface area contributed by atoms with Crippen molar-refractivity contribution in [3.63, 3.8) is 0 Å². The van der Waals surface area contributed by atoms with Crippen molar-refractivity contribution in [1.29, 1.82) is 0 Å². The minimum Gasteiger partial charge on any atom is -0.467 e. The first-order chi connectivity index (χ1) is 14.1. The number of aromatic nitrogens is 1. The number of thiophene rings is 1. The van der Waals surface area contributed by atoms with Gasteiger partial charge in [0.2, 0.25) is 0 Å². The molecule has 3 heterocycles. The second kappa shape index (κ2) is 9.05. The van der Waals surface area contributed by atoms with Gasteiger partial charge in [0.25, 0.3) is 0 Å². The summed E-state index contributed by atoms with van der Waals surface area (Å²) < 4.78 is 26.6. The third-order valence-corrected chi connectivity index (χ3v) is 7.62. The Labute approximate surface area is 186 Å². The number of furan rings is 1. The van der Waals surface area contributed by atoms with E-state index in [1.807, 2.05) is 34.6 Å². The van der Waals surface area contributed by atoms with Gasteiger partial charge in [-0.3, -0.25) is 0 Å². The maximum atomic E-state index is 12.5. The molecule has 2 atom stereocenters. The molecular formula is C20H24ClN3O4S2. The Balaban J connectivity index is 1.84. The largest absolute Gasteiger partial charge is 0.467 e. The molecule has 30 heavy (non-hydrogen) atoms. The maximum absolute atomic E-state index is 12.5. The van der Waals surface area contributed by atoms with Gasteiger partial charge >= 0.3 is 6.09 Å². The van der Waals surface area contributed by atoms with E-state index in [9.17, 15) is 9.00 Å². The van der Waals surface area contributed by atoms with E-state index >= 15 is 0 Å². The molecule has 7 nitrogen and oxygen atoms in total. The summed E-state index contributed by atoms with van der Waals surface area (Å²) in [5.41, 5.74) is 1.57. The highest BCUT2D eigenvalue weighted by molar-refractivity contribution is 7.84. The monoisotopic (exact) mass is 469 g/mol. The topological polar surface area (TPSA) is 93.5 Å². The number of pyridine rings is 1. The minimum atomic E-state index is -1.23. The minimum absolute atomic E-state index is 0.177. The molecule has 0 spiro atoms. The lowest BCUT2D eigenvalue weighted by atomic mass is 10.1. The van der Waals surface area contributed by atoms with Crippen LogP contribution in [-0.4, -0.2) is 20.0 Å². The molecule has 1 amide bonds. The summed E-state index contributed by atoms with van der Waals surface area (Å²) in [6, 6.07) is 4.84.